The molecule has 0 aliphatic heterocycles. The zero-order valence-electron chi connectivity index (χ0n) is 10.6. The van der Waals surface area contributed by atoms with Crippen molar-refractivity contribution in [1.29, 1.82) is 0 Å². The van der Waals surface area contributed by atoms with Crippen molar-refractivity contribution >= 4 is 10.0 Å². The van der Waals surface area contributed by atoms with Gasteiger partial charge in [-0.15, -0.1) is 0 Å². The average molecular weight is 316 g/mol. The van der Waals surface area contributed by atoms with E-state index in [0.717, 1.165) is 18.2 Å². The Bertz CT molecular complexity index is 716. The highest BCUT2D eigenvalue weighted by molar-refractivity contribution is 7.89. The van der Waals surface area contributed by atoms with E-state index in [2.05, 4.69) is 9.71 Å². The third kappa shape index (κ3) is 3.79. The third-order valence-corrected chi connectivity index (χ3v) is 4.11. The fourth-order valence-electron chi connectivity index (χ4n) is 1.68. The van der Waals surface area contributed by atoms with Gasteiger partial charge in [0, 0.05) is 6.20 Å². The monoisotopic (exact) mass is 316 g/mol. The zero-order chi connectivity index (χ0) is 15.5. The van der Waals surface area contributed by atoms with E-state index in [1.807, 2.05) is 0 Å². The van der Waals surface area contributed by atoms with Crippen molar-refractivity contribution in [2.24, 2.45) is 0 Å². The normalized spacial score (nSPS) is 12.3. The lowest BCUT2D eigenvalue weighted by Gasteiger charge is -2.13. The maximum atomic E-state index is 12.8. The number of halogens is 3. The van der Waals surface area contributed by atoms with Crippen LogP contribution in [-0.4, -0.2) is 13.4 Å². The minimum atomic E-state index is -4.74. The highest BCUT2D eigenvalue weighted by atomic mass is 32.2. The fraction of sp³-hybridized carbons (Fsp3) is 0.154. The van der Waals surface area contributed by atoms with E-state index >= 15 is 0 Å². The Kier molecular flexibility index (Phi) is 4.29. The van der Waals surface area contributed by atoms with Crippen molar-refractivity contribution < 1.29 is 21.6 Å². The van der Waals surface area contributed by atoms with E-state index < -0.39 is 26.7 Å². The molecule has 1 aromatic carbocycles. The minimum Gasteiger partial charge on any atom is -0.260 e. The first-order chi connectivity index (χ1) is 9.81. The summed E-state index contributed by atoms with van der Waals surface area (Å²) in [7, 11) is -4.28. The Labute approximate surface area is 119 Å². The van der Waals surface area contributed by atoms with Crippen molar-refractivity contribution in [3.8, 4) is 0 Å². The molecule has 0 saturated carbocycles. The first-order valence-corrected chi connectivity index (χ1v) is 7.35. The Morgan fingerprint density at radius 3 is 2.33 bits per heavy atom. The summed E-state index contributed by atoms with van der Waals surface area (Å²) in [5.74, 6) is 0. The summed E-state index contributed by atoms with van der Waals surface area (Å²) >= 11 is 0. The van der Waals surface area contributed by atoms with Gasteiger partial charge in [-0.25, -0.2) is 13.1 Å². The first-order valence-electron chi connectivity index (χ1n) is 5.86. The zero-order valence-corrected chi connectivity index (χ0v) is 11.4. The molecule has 0 unspecified atom stereocenters. The lowest BCUT2D eigenvalue weighted by atomic mass is 10.2. The number of nitrogens with zero attached hydrogens (tertiary/aromatic N) is 1. The van der Waals surface area contributed by atoms with E-state index in [0.29, 0.717) is 5.69 Å². The Morgan fingerprint density at radius 1 is 1.05 bits per heavy atom. The molecule has 0 amide bonds. The smallest absolute Gasteiger partial charge is 0.260 e. The highest BCUT2D eigenvalue weighted by Crippen LogP contribution is 2.33. The Hall–Kier alpha value is -1.93. The molecule has 2 rings (SSSR count). The third-order valence-electron chi connectivity index (χ3n) is 2.65. The van der Waals surface area contributed by atoms with E-state index in [9.17, 15) is 21.6 Å². The van der Waals surface area contributed by atoms with Crippen molar-refractivity contribution in [3.05, 3.63) is 59.9 Å². The molecule has 0 saturated heterocycles. The largest absolute Gasteiger partial charge is 0.417 e. The molecule has 0 bridgehead atoms. The number of rotatable bonds is 4. The van der Waals surface area contributed by atoms with Crippen molar-refractivity contribution in [2.45, 2.75) is 17.6 Å². The average Bonchev–Trinajstić information content (AvgIpc) is 2.45. The maximum Gasteiger partial charge on any atom is 0.417 e. The topological polar surface area (TPSA) is 59.1 Å². The second kappa shape index (κ2) is 5.82. The standard InChI is InChI=1S/C13H11F3N2O2S/c14-13(15,16)11-6-1-2-7-12(11)21(19,20)18-9-10-5-3-4-8-17-10/h1-8,18H,9H2. The molecule has 0 spiro atoms. The SMILES string of the molecule is O=S(=O)(NCc1ccccn1)c1ccccc1C(F)(F)F. The summed E-state index contributed by atoms with van der Waals surface area (Å²) in [5.41, 5.74) is -0.788. The van der Waals surface area contributed by atoms with Crippen LogP contribution >= 0.6 is 0 Å². The molecule has 1 N–H and O–H groups in total. The molecule has 4 nitrogen and oxygen atoms in total. The van der Waals surface area contributed by atoms with E-state index in [-0.39, 0.29) is 6.54 Å². The van der Waals surface area contributed by atoms with Crippen LogP contribution in [-0.2, 0) is 22.7 Å². The summed E-state index contributed by atoms with van der Waals surface area (Å²) in [6, 6.07) is 8.90. The number of aromatic nitrogens is 1. The van der Waals surface area contributed by atoms with Crippen LogP contribution < -0.4 is 4.72 Å². The number of hydrogen-bond donors (Lipinski definition) is 1. The molecule has 0 atom stereocenters. The number of nitrogens with one attached hydrogen (secondary N) is 1. The molecule has 1 aromatic heterocycles. The minimum absolute atomic E-state index is 0.185. The van der Waals surface area contributed by atoms with Gasteiger partial charge in [-0.05, 0) is 24.3 Å². The van der Waals surface area contributed by atoms with Crippen LogP contribution in [0.2, 0.25) is 0 Å². The predicted octanol–water partition coefficient (Wildman–Crippen LogP) is 2.58. The summed E-state index contributed by atoms with van der Waals surface area (Å²) in [6.07, 6.45) is -3.27. The summed E-state index contributed by atoms with van der Waals surface area (Å²) in [4.78, 5) is 3.10. The van der Waals surface area contributed by atoms with Gasteiger partial charge in [-0.3, -0.25) is 4.98 Å². The van der Waals surface area contributed by atoms with Crippen LogP contribution in [0.1, 0.15) is 11.3 Å². The van der Waals surface area contributed by atoms with E-state index in [1.165, 1.54) is 12.3 Å². The van der Waals surface area contributed by atoms with Crippen molar-refractivity contribution in [3.63, 3.8) is 0 Å². The number of hydrogen-bond acceptors (Lipinski definition) is 3. The number of benzene rings is 1. The van der Waals surface area contributed by atoms with Gasteiger partial charge in [0.25, 0.3) is 0 Å². The van der Waals surface area contributed by atoms with Crippen LogP contribution in [0.4, 0.5) is 13.2 Å². The first kappa shape index (κ1) is 15.5. The molecule has 0 radical (unpaired) electrons. The van der Waals surface area contributed by atoms with Gasteiger partial charge in [0.1, 0.15) is 0 Å². The van der Waals surface area contributed by atoms with Gasteiger partial charge in [-0.1, -0.05) is 18.2 Å². The van der Waals surface area contributed by atoms with Crippen LogP contribution in [0, 0.1) is 0 Å². The van der Waals surface area contributed by atoms with E-state index in [1.54, 1.807) is 18.2 Å². The molecule has 8 heteroatoms. The number of pyridine rings is 1. The van der Waals surface area contributed by atoms with Crippen molar-refractivity contribution in [1.82, 2.24) is 9.71 Å². The second-order valence-electron chi connectivity index (χ2n) is 4.14. The molecule has 0 aliphatic carbocycles. The molecule has 2 aromatic rings. The molecular formula is C13H11F3N2O2S. The van der Waals surface area contributed by atoms with Crippen LogP contribution in [0.25, 0.3) is 0 Å². The number of sulfonamides is 1. The van der Waals surface area contributed by atoms with E-state index in [4.69, 9.17) is 0 Å². The van der Waals surface area contributed by atoms with Crippen LogP contribution in [0.3, 0.4) is 0 Å². The molecule has 0 aliphatic rings. The quantitative estimate of drug-likeness (QED) is 0.943. The molecule has 21 heavy (non-hydrogen) atoms. The van der Waals surface area contributed by atoms with Gasteiger partial charge in [0.05, 0.1) is 22.7 Å². The van der Waals surface area contributed by atoms with Gasteiger partial charge in [0.2, 0.25) is 10.0 Å². The summed E-state index contributed by atoms with van der Waals surface area (Å²) < 4.78 is 64.7. The summed E-state index contributed by atoms with van der Waals surface area (Å²) in [6.45, 7) is -0.185. The molecule has 1 heterocycles. The maximum absolute atomic E-state index is 12.8. The van der Waals surface area contributed by atoms with Gasteiger partial charge >= 0.3 is 6.18 Å². The second-order valence-corrected chi connectivity index (χ2v) is 5.87. The molecule has 112 valence electrons. The predicted molar refractivity (Wildman–Crippen MR) is 69.7 cm³/mol. The lowest BCUT2D eigenvalue weighted by molar-refractivity contribution is -0.139. The van der Waals surface area contributed by atoms with Gasteiger partial charge in [-0.2, -0.15) is 13.2 Å². The Balaban J connectivity index is 2.29. The molecule has 0 fully saturated rings. The Morgan fingerprint density at radius 2 is 1.71 bits per heavy atom. The summed E-state index contributed by atoms with van der Waals surface area (Å²) in [5, 5.41) is 0. The fourth-order valence-corrected chi connectivity index (χ4v) is 2.91. The van der Waals surface area contributed by atoms with Crippen LogP contribution in [0.15, 0.2) is 53.6 Å². The van der Waals surface area contributed by atoms with Crippen molar-refractivity contribution in [2.75, 3.05) is 0 Å². The van der Waals surface area contributed by atoms with Crippen LogP contribution in [0.5, 0.6) is 0 Å². The highest BCUT2D eigenvalue weighted by Gasteiger charge is 2.36. The lowest BCUT2D eigenvalue weighted by Crippen LogP contribution is -2.26. The number of alkyl halides is 3. The van der Waals surface area contributed by atoms with Gasteiger partial charge < -0.3 is 0 Å². The molecular weight excluding hydrogens is 305 g/mol. The van der Waals surface area contributed by atoms with Gasteiger partial charge in [0.15, 0.2) is 0 Å².